The fourth-order valence-electron chi connectivity index (χ4n) is 0.651. The molecular formula is C7H8N2O2S2. The zero-order valence-electron chi connectivity index (χ0n) is 6.94. The molecule has 0 aromatic carbocycles. The Morgan fingerprint density at radius 3 is 3.23 bits per heavy atom. The van der Waals surface area contributed by atoms with E-state index in [4.69, 9.17) is 0 Å². The summed E-state index contributed by atoms with van der Waals surface area (Å²) in [5.74, 6) is 0.281. The first-order valence-electron chi connectivity index (χ1n) is 3.52. The molecule has 0 aliphatic rings. The van der Waals surface area contributed by atoms with E-state index in [-0.39, 0.29) is 5.91 Å². The maximum Gasteiger partial charge on any atom is 0.223 e. The van der Waals surface area contributed by atoms with Gasteiger partial charge in [-0.15, -0.1) is 11.8 Å². The molecule has 0 unspecified atom stereocenters. The van der Waals surface area contributed by atoms with Crippen LogP contribution in [0.3, 0.4) is 0 Å². The lowest BCUT2D eigenvalue weighted by Crippen LogP contribution is -2.04. The largest absolute Gasteiger partial charge is 0.302 e. The number of hydrogen-bond acceptors (Lipinski definition) is 5. The molecule has 0 saturated carbocycles. The van der Waals surface area contributed by atoms with E-state index in [1.165, 1.54) is 30.0 Å². The molecule has 13 heavy (non-hydrogen) atoms. The average molecular weight is 216 g/mol. The molecule has 1 heterocycles. The third-order valence-electron chi connectivity index (χ3n) is 1.06. The molecule has 0 spiro atoms. The molecule has 70 valence electrons. The van der Waals surface area contributed by atoms with Crippen molar-refractivity contribution in [2.45, 2.75) is 11.1 Å². The van der Waals surface area contributed by atoms with E-state index in [1.54, 1.807) is 6.20 Å². The summed E-state index contributed by atoms with van der Waals surface area (Å²) in [5.41, 5.74) is 0. The number of carbonyl (C=O) groups excluding carboxylic acids is 2. The predicted molar refractivity (Wildman–Crippen MR) is 53.2 cm³/mol. The van der Waals surface area contributed by atoms with Gasteiger partial charge in [0.25, 0.3) is 0 Å². The first-order valence-corrected chi connectivity index (χ1v) is 5.32. The lowest BCUT2D eigenvalue weighted by Gasteiger charge is -1.92. The molecule has 0 bridgehead atoms. The van der Waals surface area contributed by atoms with Crippen molar-refractivity contribution in [3.63, 3.8) is 0 Å². The van der Waals surface area contributed by atoms with Crippen LogP contribution in [0.2, 0.25) is 0 Å². The first-order chi connectivity index (χ1) is 6.22. The molecule has 1 rings (SSSR count). The van der Waals surface area contributed by atoms with Gasteiger partial charge in [-0.1, -0.05) is 11.3 Å². The maximum atomic E-state index is 10.6. The van der Waals surface area contributed by atoms with E-state index in [1.807, 2.05) is 0 Å². The second-order valence-corrected chi connectivity index (χ2v) is 4.49. The van der Waals surface area contributed by atoms with Crippen LogP contribution in [0.4, 0.5) is 5.13 Å². The third kappa shape index (κ3) is 3.56. The maximum absolute atomic E-state index is 10.6. The van der Waals surface area contributed by atoms with Crippen LogP contribution in [0.1, 0.15) is 6.92 Å². The molecule has 1 amide bonds. The van der Waals surface area contributed by atoms with Gasteiger partial charge in [0.15, 0.2) is 5.13 Å². The van der Waals surface area contributed by atoms with Crippen molar-refractivity contribution in [3.8, 4) is 0 Å². The summed E-state index contributed by atoms with van der Waals surface area (Å²) in [5, 5.41) is 3.14. The monoisotopic (exact) mass is 216 g/mol. The number of nitrogens with zero attached hydrogens (tertiary/aromatic N) is 1. The molecule has 6 heteroatoms. The van der Waals surface area contributed by atoms with Gasteiger partial charge in [-0.05, 0) is 0 Å². The van der Waals surface area contributed by atoms with E-state index in [0.717, 1.165) is 10.5 Å². The lowest BCUT2D eigenvalue weighted by molar-refractivity contribution is -0.114. The standard InChI is InChI=1S/C7H8N2O2S2/c1-5(11)9-7-8-4-6(13-7)12-3-2-10/h2,4H,3H2,1H3,(H,8,9,11). The number of carbonyl (C=O) groups is 2. The van der Waals surface area contributed by atoms with E-state index < -0.39 is 0 Å². The highest BCUT2D eigenvalue weighted by Crippen LogP contribution is 2.27. The van der Waals surface area contributed by atoms with Crippen LogP contribution in [0.25, 0.3) is 0 Å². The number of thiazole rings is 1. The molecule has 1 aromatic heterocycles. The topological polar surface area (TPSA) is 59.1 Å². The molecule has 0 aliphatic heterocycles. The van der Waals surface area contributed by atoms with Crippen molar-refractivity contribution < 1.29 is 9.59 Å². The average Bonchev–Trinajstić information content (AvgIpc) is 2.48. The minimum Gasteiger partial charge on any atom is -0.302 e. The number of anilines is 1. The summed E-state index contributed by atoms with van der Waals surface area (Å²) in [6.45, 7) is 1.43. The number of amides is 1. The van der Waals surface area contributed by atoms with E-state index >= 15 is 0 Å². The fourth-order valence-corrected chi connectivity index (χ4v) is 2.28. The van der Waals surface area contributed by atoms with E-state index in [2.05, 4.69) is 10.3 Å². The highest BCUT2D eigenvalue weighted by Gasteiger charge is 2.02. The highest BCUT2D eigenvalue weighted by molar-refractivity contribution is 8.01. The molecule has 0 atom stereocenters. The Labute approximate surface area is 83.7 Å². The highest BCUT2D eigenvalue weighted by atomic mass is 32.2. The van der Waals surface area contributed by atoms with Crippen LogP contribution >= 0.6 is 23.1 Å². The minimum absolute atomic E-state index is 0.138. The van der Waals surface area contributed by atoms with Gasteiger partial charge >= 0.3 is 0 Å². The number of nitrogens with one attached hydrogen (secondary N) is 1. The van der Waals surface area contributed by atoms with Gasteiger partial charge in [-0.25, -0.2) is 4.98 Å². The van der Waals surface area contributed by atoms with Crippen molar-refractivity contribution in [3.05, 3.63) is 6.20 Å². The van der Waals surface area contributed by atoms with Crippen LogP contribution in [-0.2, 0) is 9.59 Å². The van der Waals surface area contributed by atoms with Crippen molar-refractivity contribution in [2.75, 3.05) is 11.1 Å². The van der Waals surface area contributed by atoms with Crippen molar-refractivity contribution >= 4 is 40.4 Å². The molecule has 0 aliphatic carbocycles. The quantitative estimate of drug-likeness (QED) is 0.610. The van der Waals surface area contributed by atoms with Gasteiger partial charge in [0.1, 0.15) is 6.29 Å². The number of rotatable bonds is 4. The van der Waals surface area contributed by atoms with Crippen LogP contribution in [0.5, 0.6) is 0 Å². The van der Waals surface area contributed by atoms with Crippen LogP contribution < -0.4 is 5.32 Å². The van der Waals surface area contributed by atoms with Crippen LogP contribution in [-0.4, -0.2) is 22.9 Å². The Hall–Kier alpha value is -0.880. The molecule has 0 fully saturated rings. The summed E-state index contributed by atoms with van der Waals surface area (Å²) in [6, 6.07) is 0. The SMILES string of the molecule is CC(=O)Nc1ncc(SCC=O)s1. The number of thioether (sulfide) groups is 1. The fraction of sp³-hybridized carbons (Fsp3) is 0.286. The molecule has 4 nitrogen and oxygen atoms in total. The van der Waals surface area contributed by atoms with Crippen molar-refractivity contribution in [2.24, 2.45) is 0 Å². The second kappa shape index (κ2) is 4.98. The van der Waals surface area contributed by atoms with Gasteiger partial charge in [-0.3, -0.25) is 4.79 Å². The molecule has 1 N–H and O–H groups in total. The summed E-state index contributed by atoms with van der Waals surface area (Å²) >= 11 is 2.77. The van der Waals surface area contributed by atoms with Gasteiger partial charge in [-0.2, -0.15) is 0 Å². The smallest absolute Gasteiger partial charge is 0.223 e. The van der Waals surface area contributed by atoms with Gasteiger partial charge in [0.2, 0.25) is 5.91 Å². The lowest BCUT2D eigenvalue weighted by atomic mass is 10.7. The van der Waals surface area contributed by atoms with E-state index in [0.29, 0.717) is 10.9 Å². The summed E-state index contributed by atoms with van der Waals surface area (Å²) in [6.07, 6.45) is 2.48. The van der Waals surface area contributed by atoms with Gasteiger partial charge < -0.3 is 10.1 Å². The molecule has 1 aromatic rings. The minimum atomic E-state index is -0.138. The zero-order valence-corrected chi connectivity index (χ0v) is 8.58. The van der Waals surface area contributed by atoms with E-state index in [9.17, 15) is 9.59 Å². The normalized spacial score (nSPS) is 9.62. The summed E-state index contributed by atoms with van der Waals surface area (Å²) < 4.78 is 0.927. The summed E-state index contributed by atoms with van der Waals surface area (Å²) in [4.78, 5) is 24.6. The number of aromatic nitrogens is 1. The van der Waals surface area contributed by atoms with Gasteiger partial charge in [0, 0.05) is 6.92 Å². The van der Waals surface area contributed by atoms with Crippen LogP contribution in [0, 0.1) is 0 Å². The number of hydrogen-bond donors (Lipinski definition) is 1. The molecule has 0 saturated heterocycles. The first kappa shape index (κ1) is 10.2. The molecule has 0 radical (unpaired) electrons. The van der Waals surface area contributed by atoms with Crippen molar-refractivity contribution in [1.82, 2.24) is 4.98 Å². The number of aldehydes is 1. The van der Waals surface area contributed by atoms with Crippen molar-refractivity contribution in [1.29, 1.82) is 0 Å². The Morgan fingerprint density at radius 2 is 2.62 bits per heavy atom. The molecular weight excluding hydrogens is 208 g/mol. The zero-order chi connectivity index (χ0) is 9.68. The second-order valence-electron chi connectivity index (χ2n) is 2.14. The van der Waals surface area contributed by atoms with Crippen LogP contribution in [0.15, 0.2) is 10.4 Å². The Bertz CT molecular complexity index is 311. The Kier molecular flexibility index (Phi) is 3.91. The van der Waals surface area contributed by atoms with Gasteiger partial charge in [0.05, 0.1) is 16.2 Å². The Morgan fingerprint density at radius 1 is 1.85 bits per heavy atom. The Balaban J connectivity index is 2.53. The third-order valence-corrected chi connectivity index (χ3v) is 3.06. The summed E-state index contributed by atoms with van der Waals surface area (Å²) in [7, 11) is 0. The predicted octanol–water partition coefficient (Wildman–Crippen LogP) is 1.39.